The zero-order valence-corrected chi connectivity index (χ0v) is 36.4. The van der Waals surface area contributed by atoms with E-state index in [2.05, 4.69) is 198 Å². The Morgan fingerprint density at radius 1 is 0.593 bits per heavy atom. The summed E-state index contributed by atoms with van der Waals surface area (Å²) in [7, 11) is 0. The number of benzene rings is 6. The van der Waals surface area contributed by atoms with Crippen molar-refractivity contribution >= 4 is 17.1 Å². The number of aryl methyl sites for hydroxylation is 3. The van der Waals surface area contributed by atoms with E-state index in [1.807, 2.05) is 24.5 Å². The molecular weight excluding hydrogens is 902 g/mol. The first kappa shape index (κ1) is 39.7. The number of fused-ring (bicyclic) bond motifs is 2. The molecule has 59 heavy (non-hydrogen) atoms. The van der Waals surface area contributed by atoms with Crippen LogP contribution in [0.5, 0.6) is 11.5 Å². The monoisotopic (exact) mass is 946 g/mol. The van der Waals surface area contributed by atoms with Gasteiger partial charge >= 0.3 is 21.1 Å². The second kappa shape index (κ2) is 15.9. The summed E-state index contributed by atoms with van der Waals surface area (Å²) < 4.78 is 6.91. The van der Waals surface area contributed by atoms with Crippen LogP contribution in [0.2, 0.25) is 0 Å². The maximum absolute atomic E-state index is 6.91. The van der Waals surface area contributed by atoms with E-state index >= 15 is 0 Å². The number of hydrogen-bond acceptors (Lipinski definition) is 4. The first-order valence-electron chi connectivity index (χ1n) is 19.9. The Labute approximate surface area is 362 Å². The molecule has 0 fully saturated rings. The summed E-state index contributed by atoms with van der Waals surface area (Å²) in [5.41, 5.74) is 15.3. The Morgan fingerprint density at radius 3 is 1.92 bits per heavy atom. The van der Waals surface area contributed by atoms with Gasteiger partial charge in [0.2, 0.25) is 0 Å². The van der Waals surface area contributed by atoms with Crippen LogP contribution in [0.4, 0.5) is 17.1 Å². The van der Waals surface area contributed by atoms with Crippen molar-refractivity contribution in [2.24, 2.45) is 0 Å². The van der Waals surface area contributed by atoms with Gasteiger partial charge in [0.05, 0.1) is 22.5 Å². The normalized spacial score (nSPS) is 12.9. The Hall–Kier alpha value is -6.09. The average molecular weight is 947 g/mol. The molecule has 8 aromatic rings. The van der Waals surface area contributed by atoms with Crippen LogP contribution in [0, 0.1) is 32.9 Å². The summed E-state index contributed by atoms with van der Waals surface area (Å²) in [6, 6.07) is 60.7. The molecule has 0 N–H and O–H groups in total. The van der Waals surface area contributed by atoms with Crippen molar-refractivity contribution in [3.05, 3.63) is 221 Å². The molecule has 1 aliphatic rings. The largest absolute Gasteiger partial charge is 2.00 e. The van der Waals surface area contributed by atoms with Crippen molar-refractivity contribution in [2.75, 3.05) is 4.90 Å². The maximum atomic E-state index is 6.91. The molecule has 0 aliphatic carbocycles. The number of pyridine rings is 2. The van der Waals surface area contributed by atoms with Gasteiger partial charge in [0.15, 0.2) is 0 Å². The SMILES string of the molecule is Cc1cc(C)c(-c2cc(Oc3[c-]c(C4(c5ccccn5)c5ccccc5N(c5ccccc5)c5ccccc54)ccc3)[c-]c(-c3cc(C(C)(C)C)ccn3)c2)c(C)c1.[Pt+2]. The minimum atomic E-state index is -0.816. The summed E-state index contributed by atoms with van der Waals surface area (Å²) in [4.78, 5) is 12.3. The molecule has 0 amide bonds. The summed E-state index contributed by atoms with van der Waals surface area (Å²) in [5.74, 6) is 1.18. The molecule has 1 aliphatic heterocycles. The third-order valence-electron chi connectivity index (χ3n) is 11.3. The van der Waals surface area contributed by atoms with Crippen molar-refractivity contribution in [1.82, 2.24) is 9.97 Å². The third kappa shape index (κ3) is 7.21. The minimum absolute atomic E-state index is 0. The van der Waals surface area contributed by atoms with E-state index < -0.39 is 5.41 Å². The van der Waals surface area contributed by atoms with Gasteiger partial charge in [-0.25, -0.2) is 0 Å². The quantitative estimate of drug-likeness (QED) is 0.149. The topological polar surface area (TPSA) is 38.2 Å². The second-order valence-corrected chi connectivity index (χ2v) is 16.3. The fourth-order valence-corrected chi connectivity index (χ4v) is 8.80. The van der Waals surface area contributed by atoms with E-state index in [4.69, 9.17) is 14.7 Å². The molecule has 9 rings (SSSR count). The number of nitrogens with zero attached hydrogens (tertiary/aromatic N) is 3. The number of hydrogen-bond donors (Lipinski definition) is 0. The zero-order valence-electron chi connectivity index (χ0n) is 34.2. The van der Waals surface area contributed by atoms with E-state index in [9.17, 15) is 0 Å². The molecule has 0 saturated heterocycles. The van der Waals surface area contributed by atoms with Gasteiger partial charge in [-0.2, -0.15) is 12.1 Å². The van der Waals surface area contributed by atoms with Crippen LogP contribution in [-0.4, -0.2) is 9.97 Å². The van der Waals surface area contributed by atoms with Gasteiger partial charge in [0, 0.05) is 29.6 Å². The second-order valence-electron chi connectivity index (χ2n) is 16.3. The molecule has 0 atom stereocenters. The molecule has 0 radical (unpaired) electrons. The van der Waals surface area contributed by atoms with Crippen LogP contribution in [0.15, 0.2) is 164 Å². The van der Waals surface area contributed by atoms with Crippen LogP contribution in [0.25, 0.3) is 22.4 Å². The Kier molecular flexibility index (Phi) is 10.7. The summed E-state index contributed by atoms with van der Waals surface area (Å²) >= 11 is 0. The number of aromatic nitrogens is 2. The van der Waals surface area contributed by atoms with Gasteiger partial charge in [-0.15, -0.1) is 29.3 Å². The first-order valence-corrected chi connectivity index (χ1v) is 19.9. The average Bonchev–Trinajstić information content (AvgIpc) is 3.23. The van der Waals surface area contributed by atoms with Crippen molar-refractivity contribution in [3.8, 4) is 33.9 Å². The summed E-state index contributed by atoms with van der Waals surface area (Å²) in [6.45, 7) is 13.2. The number of anilines is 3. The fraction of sp³-hybridized carbons (Fsp3) is 0.148. The smallest absolute Gasteiger partial charge is 0.503 e. The van der Waals surface area contributed by atoms with Crippen LogP contribution in [-0.2, 0) is 31.9 Å². The van der Waals surface area contributed by atoms with Crippen molar-refractivity contribution in [3.63, 3.8) is 0 Å². The Balaban J connectivity index is 0.00000484. The molecule has 3 heterocycles. The molecule has 292 valence electrons. The van der Waals surface area contributed by atoms with E-state index in [1.54, 1.807) is 0 Å². The summed E-state index contributed by atoms with van der Waals surface area (Å²) in [5, 5.41) is 0. The van der Waals surface area contributed by atoms with Crippen LogP contribution in [0.1, 0.15) is 65.4 Å². The standard InChI is InChI=1S/C54H45N3O.Pt/c1-36-29-37(2)52(38(3)30-36)40-31-39(48-35-41(26-28-55-48)53(4,5)6)32-45(33-40)58-44-20-16-17-42(34-44)54(51-25-14-15-27-56-51)46-21-10-12-23-49(46)57(43-18-8-7-9-19-43)50-24-13-11-22-47(50)54;/h7-31,33,35H,1-6H3;/q-2;+2. The van der Waals surface area contributed by atoms with Crippen LogP contribution >= 0.6 is 0 Å². The van der Waals surface area contributed by atoms with Gasteiger partial charge in [-0.1, -0.05) is 123 Å². The van der Waals surface area contributed by atoms with Crippen LogP contribution in [0.3, 0.4) is 0 Å². The maximum Gasteiger partial charge on any atom is 2.00 e. The van der Waals surface area contributed by atoms with E-state index in [-0.39, 0.29) is 26.5 Å². The van der Waals surface area contributed by atoms with Crippen molar-refractivity contribution in [1.29, 1.82) is 0 Å². The van der Waals surface area contributed by atoms with Crippen LogP contribution < -0.4 is 9.64 Å². The van der Waals surface area contributed by atoms with Gasteiger partial charge in [0.1, 0.15) is 0 Å². The fourth-order valence-electron chi connectivity index (χ4n) is 8.80. The van der Waals surface area contributed by atoms with E-state index in [0.717, 1.165) is 56.3 Å². The Bertz CT molecular complexity index is 2720. The first-order chi connectivity index (χ1) is 28.1. The van der Waals surface area contributed by atoms with Crippen molar-refractivity contribution in [2.45, 2.75) is 52.4 Å². The van der Waals surface area contributed by atoms with E-state index in [1.165, 1.54) is 27.8 Å². The molecule has 4 nitrogen and oxygen atoms in total. The van der Waals surface area contributed by atoms with Gasteiger partial charge in [-0.05, 0) is 108 Å². The molecular formula is C54H45N3OPt. The molecule has 2 aromatic heterocycles. The zero-order chi connectivity index (χ0) is 40.0. The molecule has 5 heteroatoms. The molecule has 6 aromatic carbocycles. The summed E-state index contributed by atoms with van der Waals surface area (Å²) in [6.07, 6.45) is 3.78. The van der Waals surface area contributed by atoms with Gasteiger partial charge in [-0.3, -0.25) is 4.98 Å². The number of ether oxygens (including phenoxy) is 1. The number of para-hydroxylation sites is 3. The molecule has 0 unspecified atom stereocenters. The predicted octanol–water partition coefficient (Wildman–Crippen LogP) is 13.6. The van der Waals surface area contributed by atoms with Gasteiger partial charge in [0.25, 0.3) is 0 Å². The van der Waals surface area contributed by atoms with E-state index in [0.29, 0.717) is 11.5 Å². The molecule has 0 spiro atoms. The molecule has 0 saturated carbocycles. The Morgan fingerprint density at radius 2 is 1.25 bits per heavy atom. The minimum Gasteiger partial charge on any atom is -0.503 e. The number of rotatable bonds is 7. The molecule has 0 bridgehead atoms. The third-order valence-corrected chi connectivity index (χ3v) is 11.3. The van der Waals surface area contributed by atoms with Gasteiger partial charge < -0.3 is 14.6 Å². The van der Waals surface area contributed by atoms with Crippen molar-refractivity contribution < 1.29 is 25.8 Å². The predicted molar refractivity (Wildman–Crippen MR) is 237 cm³/mol.